The average Bonchev–Trinajstić information content (AvgIpc) is 2.52. The van der Waals surface area contributed by atoms with Gasteiger partial charge in [-0.1, -0.05) is 20.8 Å². The van der Waals surface area contributed by atoms with Crippen LogP contribution >= 0.6 is 0 Å². The van der Waals surface area contributed by atoms with Crippen molar-refractivity contribution in [3.63, 3.8) is 0 Å². The lowest BCUT2D eigenvalue weighted by atomic mass is 10.2. The summed E-state index contributed by atoms with van der Waals surface area (Å²) in [5.41, 5.74) is 1.47. The van der Waals surface area contributed by atoms with Crippen molar-refractivity contribution in [1.82, 2.24) is 15.2 Å². The van der Waals surface area contributed by atoms with Crippen molar-refractivity contribution in [2.75, 3.05) is 38.0 Å². The molecule has 1 aromatic heterocycles. The summed E-state index contributed by atoms with van der Waals surface area (Å²) < 4.78 is 0. The Morgan fingerprint density at radius 2 is 2.00 bits per heavy atom. The Bertz CT molecular complexity index is 422. The molecule has 0 spiro atoms. The van der Waals surface area contributed by atoms with Gasteiger partial charge in [0.05, 0.1) is 11.3 Å². The summed E-state index contributed by atoms with van der Waals surface area (Å²) in [7, 11) is 0. The number of likely N-dealkylation sites (N-methyl/N-ethyl adjacent to an activating group) is 1. The Hall–Kier alpha value is -1.62. The maximum Gasteiger partial charge on any atom is 0.254 e. The second kappa shape index (κ2) is 10.2. The molecular weight excluding hydrogens is 264 g/mol. The van der Waals surface area contributed by atoms with Crippen molar-refractivity contribution >= 4 is 11.6 Å². The second-order valence-electron chi connectivity index (χ2n) is 5.04. The van der Waals surface area contributed by atoms with Crippen molar-refractivity contribution in [3.8, 4) is 0 Å². The van der Waals surface area contributed by atoms with Crippen molar-refractivity contribution in [2.45, 2.75) is 33.6 Å². The highest BCUT2D eigenvalue weighted by molar-refractivity contribution is 5.99. The van der Waals surface area contributed by atoms with Gasteiger partial charge in [-0.2, -0.15) is 0 Å². The minimum absolute atomic E-state index is 0.0609. The molecule has 2 N–H and O–H groups in total. The van der Waals surface area contributed by atoms with Crippen LogP contribution < -0.4 is 10.6 Å². The Labute approximate surface area is 128 Å². The second-order valence-corrected chi connectivity index (χ2v) is 5.04. The number of hydrogen-bond acceptors (Lipinski definition) is 4. The molecule has 1 amide bonds. The van der Waals surface area contributed by atoms with Gasteiger partial charge in [0.2, 0.25) is 0 Å². The van der Waals surface area contributed by atoms with Crippen LogP contribution in [0.25, 0.3) is 0 Å². The molecule has 0 fully saturated rings. The molecule has 0 bridgehead atoms. The van der Waals surface area contributed by atoms with E-state index in [1.54, 1.807) is 12.4 Å². The van der Waals surface area contributed by atoms with Gasteiger partial charge in [-0.05, 0) is 32.0 Å². The lowest BCUT2D eigenvalue weighted by molar-refractivity contribution is 0.0949. The third-order valence-electron chi connectivity index (χ3n) is 3.33. The van der Waals surface area contributed by atoms with E-state index in [1.165, 1.54) is 0 Å². The first-order valence-corrected chi connectivity index (χ1v) is 7.91. The Kier molecular flexibility index (Phi) is 8.43. The Morgan fingerprint density at radius 3 is 2.67 bits per heavy atom. The topological polar surface area (TPSA) is 57.3 Å². The third-order valence-corrected chi connectivity index (χ3v) is 3.33. The van der Waals surface area contributed by atoms with Gasteiger partial charge in [-0.3, -0.25) is 9.78 Å². The van der Waals surface area contributed by atoms with Crippen LogP contribution in [0.5, 0.6) is 0 Å². The zero-order chi connectivity index (χ0) is 15.5. The highest BCUT2D eigenvalue weighted by Gasteiger charge is 2.11. The number of carbonyl (C=O) groups excluding carboxylic acids is 1. The van der Waals surface area contributed by atoms with E-state index < -0.39 is 0 Å². The quantitative estimate of drug-likeness (QED) is 0.695. The van der Waals surface area contributed by atoms with E-state index in [1.807, 2.05) is 6.07 Å². The molecule has 0 atom stereocenters. The molecule has 0 unspecified atom stereocenters. The first-order valence-electron chi connectivity index (χ1n) is 7.91. The Balaban J connectivity index is 2.51. The summed E-state index contributed by atoms with van der Waals surface area (Å²) >= 11 is 0. The summed E-state index contributed by atoms with van der Waals surface area (Å²) in [6.07, 6.45) is 5.48. The van der Waals surface area contributed by atoms with Crippen molar-refractivity contribution in [1.29, 1.82) is 0 Å². The van der Waals surface area contributed by atoms with Gasteiger partial charge in [-0.15, -0.1) is 0 Å². The van der Waals surface area contributed by atoms with Crippen LogP contribution in [-0.4, -0.2) is 48.5 Å². The number of aromatic nitrogens is 1. The van der Waals surface area contributed by atoms with E-state index >= 15 is 0 Å². The lowest BCUT2D eigenvalue weighted by Crippen LogP contribution is -2.35. The number of amides is 1. The lowest BCUT2D eigenvalue weighted by Gasteiger charge is -2.19. The number of rotatable bonds is 10. The SMILES string of the molecule is CCCNc1ccncc1C(=O)NCCN(CC)CCC. The first kappa shape index (κ1) is 17.4. The predicted molar refractivity (Wildman–Crippen MR) is 87.8 cm³/mol. The normalized spacial score (nSPS) is 10.7. The van der Waals surface area contributed by atoms with E-state index in [-0.39, 0.29) is 5.91 Å². The molecule has 5 nitrogen and oxygen atoms in total. The van der Waals surface area contributed by atoms with Gasteiger partial charge in [0.1, 0.15) is 0 Å². The fraction of sp³-hybridized carbons (Fsp3) is 0.625. The fourth-order valence-electron chi connectivity index (χ4n) is 2.16. The maximum absolute atomic E-state index is 12.2. The van der Waals surface area contributed by atoms with E-state index in [0.717, 1.165) is 44.7 Å². The molecular formula is C16H28N4O. The fourth-order valence-corrected chi connectivity index (χ4v) is 2.16. The van der Waals surface area contributed by atoms with E-state index in [4.69, 9.17) is 0 Å². The van der Waals surface area contributed by atoms with Crippen LogP contribution in [0.3, 0.4) is 0 Å². The van der Waals surface area contributed by atoms with Crippen LogP contribution in [0.2, 0.25) is 0 Å². The molecule has 21 heavy (non-hydrogen) atoms. The highest BCUT2D eigenvalue weighted by atomic mass is 16.1. The molecule has 5 heteroatoms. The number of nitrogens with one attached hydrogen (secondary N) is 2. The maximum atomic E-state index is 12.2. The molecule has 0 aromatic carbocycles. The number of hydrogen-bond donors (Lipinski definition) is 2. The van der Waals surface area contributed by atoms with Crippen molar-refractivity contribution in [3.05, 3.63) is 24.0 Å². The van der Waals surface area contributed by atoms with Crippen LogP contribution in [0, 0.1) is 0 Å². The number of pyridine rings is 1. The zero-order valence-electron chi connectivity index (χ0n) is 13.5. The molecule has 1 heterocycles. The van der Waals surface area contributed by atoms with E-state index in [2.05, 4.69) is 41.3 Å². The summed E-state index contributed by atoms with van der Waals surface area (Å²) in [5.74, 6) is -0.0609. The van der Waals surface area contributed by atoms with Gasteiger partial charge in [0.15, 0.2) is 0 Å². The number of nitrogens with zero attached hydrogens (tertiary/aromatic N) is 2. The molecule has 0 saturated heterocycles. The minimum atomic E-state index is -0.0609. The summed E-state index contributed by atoms with van der Waals surface area (Å²) in [6.45, 7) is 10.9. The van der Waals surface area contributed by atoms with E-state index in [9.17, 15) is 4.79 Å². The van der Waals surface area contributed by atoms with Crippen LogP contribution in [-0.2, 0) is 0 Å². The Morgan fingerprint density at radius 1 is 1.19 bits per heavy atom. The van der Waals surface area contributed by atoms with Gasteiger partial charge >= 0.3 is 0 Å². The van der Waals surface area contributed by atoms with Crippen LogP contribution in [0.4, 0.5) is 5.69 Å². The van der Waals surface area contributed by atoms with Gasteiger partial charge in [0, 0.05) is 32.0 Å². The predicted octanol–water partition coefficient (Wildman–Crippen LogP) is 2.37. The third kappa shape index (κ3) is 6.12. The highest BCUT2D eigenvalue weighted by Crippen LogP contribution is 2.13. The van der Waals surface area contributed by atoms with Crippen LogP contribution in [0.1, 0.15) is 44.0 Å². The smallest absolute Gasteiger partial charge is 0.254 e. The van der Waals surface area contributed by atoms with Gasteiger partial charge < -0.3 is 15.5 Å². The first-order chi connectivity index (χ1) is 10.2. The standard InChI is InChI=1S/C16H28N4O/c1-4-8-18-15-7-9-17-13-14(15)16(21)19-10-12-20(6-3)11-5-2/h7,9,13H,4-6,8,10-12H2,1-3H3,(H,17,18)(H,19,21). The number of carbonyl (C=O) groups is 1. The molecule has 1 rings (SSSR count). The molecule has 0 aliphatic carbocycles. The molecule has 0 aliphatic heterocycles. The molecule has 1 aromatic rings. The van der Waals surface area contributed by atoms with Gasteiger partial charge in [0.25, 0.3) is 5.91 Å². The van der Waals surface area contributed by atoms with Crippen molar-refractivity contribution in [2.24, 2.45) is 0 Å². The minimum Gasteiger partial charge on any atom is -0.384 e. The van der Waals surface area contributed by atoms with Crippen LogP contribution in [0.15, 0.2) is 18.5 Å². The van der Waals surface area contributed by atoms with Crippen molar-refractivity contribution < 1.29 is 4.79 Å². The summed E-state index contributed by atoms with van der Waals surface area (Å²) in [6, 6.07) is 1.85. The largest absolute Gasteiger partial charge is 0.384 e. The number of anilines is 1. The van der Waals surface area contributed by atoms with E-state index in [0.29, 0.717) is 12.1 Å². The van der Waals surface area contributed by atoms with Gasteiger partial charge in [-0.25, -0.2) is 0 Å². The molecule has 0 saturated carbocycles. The molecule has 0 aliphatic rings. The molecule has 0 radical (unpaired) electrons. The summed E-state index contributed by atoms with van der Waals surface area (Å²) in [5, 5.41) is 6.24. The molecule has 118 valence electrons. The monoisotopic (exact) mass is 292 g/mol. The zero-order valence-corrected chi connectivity index (χ0v) is 13.5. The average molecular weight is 292 g/mol. The summed E-state index contributed by atoms with van der Waals surface area (Å²) in [4.78, 5) is 18.6.